The van der Waals surface area contributed by atoms with Crippen LogP contribution in [0.1, 0.15) is 23.1 Å². The minimum atomic E-state index is 0.113. The van der Waals surface area contributed by atoms with E-state index in [2.05, 4.69) is 56.7 Å². The Hall–Kier alpha value is -2.95. The summed E-state index contributed by atoms with van der Waals surface area (Å²) >= 11 is 4.72. The first kappa shape index (κ1) is 18.4. The molecule has 2 aliphatic heterocycles. The highest BCUT2D eigenvalue weighted by Gasteiger charge is 2.43. The Morgan fingerprint density at radius 2 is 2.07 bits per heavy atom. The lowest BCUT2D eigenvalue weighted by molar-refractivity contribution is 0.230. The molecule has 2 saturated heterocycles. The normalized spacial score (nSPS) is 21.2. The molecule has 2 aromatic carbocycles. The average molecular weight is 391 g/mol. The molecule has 0 spiro atoms. The predicted octanol–water partition coefficient (Wildman–Crippen LogP) is 2.19. The zero-order valence-electron chi connectivity index (χ0n) is 15.5. The topological polar surface area (TPSA) is 80.7 Å². The van der Waals surface area contributed by atoms with Crippen molar-refractivity contribution in [1.29, 1.82) is 5.26 Å². The lowest BCUT2D eigenvalue weighted by atomic mass is 10.1. The fraction of sp³-hybridized carbons (Fsp3) is 0.286. The van der Waals surface area contributed by atoms with Crippen LogP contribution in [0.3, 0.4) is 0 Å². The van der Waals surface area contributed by atoms with E-state index in [0.29, 0.717) is 17.6 Å². The summed E-state index contributed by atoms with van der Waals surface area (Å²) in [6.45, 7) is 2.99. The molecule has 2 heterocycles. The van der Waals surface area contributed by atoms with Crippen LogP contribution in [0.4, 0.5) is 5.69 Å². The monoisotopic (exact) mass is 390 g/mol. The van der Waals surface area contributed by atoms with Crippen LogP contribution < -0.4 is 16.1 Å². The number of nitrogens with zero attached hydrogens (tertiary/aromatic N) is 4. The highest BCUT2D eigenvalue weighted by Crippen LogP contribution is 2.36. The van der Waals surface area contributed by atoms with Crippen LogP contribution in [0.2, 0.25) is 0 Å². The number of piperazine rings is 1. The number of likely N-dealkylation sites (tertiary alicyclic amines) is 1. The maximum Gasteiger partial charge on any atom is 0.184 e. The second-order valence-electron chi connectivity index (χ2n) is 7.23. The van der Waals surface area contributed by atoms with Gasteiger partial charge >= 0.3 is 0 Å². The third-order valence-corrected chi connectivity index (χ3v) is 5.51. The van der Waals surface area contributed by atoms with Gasteiger partial charge in [0.25, 0.3) is 0 Å². The van der Waals surface area contributed by atoms with Crippen molar-refractivity contribution in [2.75, 3.05) is 18.0 Å². The van der Waals surface area contributed by atoms with Gasteiger partial charge in [-0.1, -0.05) is 36.4 Å². The molecule has 0 saturated carbocycles. The SMILES string of the molecule is N#Cc1cc(C=NNC(N)=S)ccc1N1C[C@@H]2C[C@H]1CN2Cc1ccccc1. The van der Waals surface area contributed by atoms with E-state index in [1.807, 2.05) is 18.2 Å². The van der Waals surface area contributed by atoms with Gasteiger partial charge in [0.15, 0.2) is 5.11 Å². The summed E-state index contributed by atoms with van der Waals surface area (Å²) in [4.78, 5) is 4.95. The molecule has 7 heteroatoms. The number of hydrogen-bond acceptors (Lipinski definition) is 5. The predicted molar refractivity (Wildman–Crippen MR) is 115 cm³/mol. The van der Waals surface area contributed by atoms with E-state index in [9.17, 15) is 5.26 Å². The molecule has 142 valence electrons. The van der Waals surface area contributed by atoms with Crippen molar-refractivity contribution in [2.24, 2.45) is 10.8 Å². The number of nitrogens with one attached hydrogen (secondary N) is 1. The van der Waals surface area contributed by atoms with E-state index in [1.165, 1.54) is 5.56 Å². The second-order valence-corrected chi connectivity index (χ2v) is 7.67. The fourth-order valence-corrected chi connectivity index (χ4v) is 4.25. The van der Waals surface area contributed by atoms with E-state index in [4.69, 9.17) is 18.0 Å². The number of nitriles is 1. The van der Waals surface area contributed by atoms with Gasteiger partial charge in [-0.15, -0.1) is 0 Å². The molecule has 3 N–H and O–H groups in total. The smallest absolute Gasteiger partial charge is 0.184 e. The zero-order chi connectivity index (χ0) is 19.5. The number of fused-ring (bicyclic) bond motifs is 2. The molecule has 0 amide bonds. The molecule has 28 heavy (non-hydrogen) atoms. The number of benzene rings is 2. The molecule has 2 atom stereocenters. The first-order valence-electron chi connectivity index (χ1n) is 9.31. The second kappa shape index (κ2) is 7.97. The van der Waals surface area contributed by atoms with Crippen LogP contribution in [0.25, 0.3) is 0 Å². The average Bonchev–Trinajstić information content (AvgIpc) is 3.29. The molecule has 0 aromatic heterocycles. The maximum absolute atomic E-state index is 9.65. The molecule has 6 nitrogen and oxygen atoms in total. The van der Waals surface area contributed by atoms with Gasteiger partial charge in [-0.2, -0.15) is 10.4 Å². The number of hydrazone groups is 1. The maximum atomic E-state index is 9.65. The van der Waals surface area contributed by atoms with Gasteiger partial charge in [-0.05, 0) is 41.9 Å². The van der Waals surface area contributed by atoms with Crippen molar-refractivity contribution in [3.05, 3.63) is 65.2 Å². The van der Waals surface area contributed by atoms with Crippen molar-refractivity contribution < 1.29 is 0 Å². The van der Waals surface area contributed by atoms with Gasteiger partial charge in [-0.3, -0.25) is 10.3 Å². The third kappa shape index (κ3) is 3.84. The van der Waals surface area contributed by atoms with Crippen molar-refractivity contribution in [3.8, 4) is 6.07 Å². The van der Waals surface area contributed by atoms with Gasteiger partial charge in [0.05, 0.1) is 17.5 Å². The Balaban J connectivity index is 1.45. The first-order valence-corrected chi connectivity index (χ1v) is 9.72. The molecule has 2 aliphatic rings. The van der Waals surface area contributed by atoms with Crippen LogP contribution >= 0.6 is 12.2 Å². The van der Waals surface area contributed by atoms with Crippen LogP contribution in [-0.2, 0) is 6.54 Å². The summed E-state index contributed by atoms with van der Waals surface area (Å²) < 4.78 is 0. The lowest BCUT2D eigenvalue weighted by Gasteiger charge is -2.36. The van der Waals surface area contributed by atoms with Crippen molar-refractivity contribution >= 4 is 29.2 Å². The zero-order valence-corrected chi connectivity index (χ0v) is 16.3. The van der Waals surface area contributed by atoms with Crippen LogP contribution in [0.15, 0.2) is 53.6 Å². The van der Waals surface area contributed by atoms with Crippen molar-refractivity contribution in [2.45, 2.75) is 25.0 Å². The Kier molecular flexibility index (Phi) is 5.24. The minimum Gasteiger partial charge on any atom is -0.375 e. The molecule has 2 aromatic rings. The van der Waals surface area contributed by atoms with Crippen LogP contribution in [-0.4, -0.2) is 41.4 Å². The quantitative estimate of drug-likeness (QED) is 0.463. The summed E-state index contributed by atoms with van der Waals surface area (Å²) in [7, 11) is 0. The molecule has 2 fully saturated rings. The number of anilines is 1. The Morgan fingerprint density at radius 1 is 1.25 bits per heavy atom. The Morgan fingerprint density at radius 3 is 2.75 bits per heavy atom. The van der Waals surface area contributed by atoms with Crippen LogP contribution in [0, 0.1) is 11.3 Å². The fourth-order valence-electron chi connectivity index (χ4n) is 4.20. The number of hydrogen-bond donors (Lipinski definition) is 2. The molecule has 0 unspecified atom stereocenters. The first-order chi connectivity index (χ1) is 13.6. The van der Waals surface area contributed by atoms with Gasteiger partial charge in [0.2, 0.25) is 0 Å². The molecular formula is C21H22N6S. The highest BCUT2D eigenvalue weighted by atomic mass is 32.1. The standard InChI is InChI=1S/C21H22N6S/c22-10-17-8-16(11-24-25-21(23)28)6-7-20(17)27-14-18-9-19(27)13-26(18)12-15-4-2-1-3-5-15/h1-8,11,18-19H,9,12-14H2,(H3,23,25,28)/t18-,19-/m0/s1. The molecule has 0 radical (unpaired) electrons. The molecule has 4 rings (SSSR count). The van der Waals surface area contributed by atoms with Crippen LogP contribution in [0.5, 0.6) is 0 Å². The summed E-state index contributed by atoms with van der Waals surface area (Å²) in [5.41, 5.74) is 11.7. The van der Waals surface area contributed by atoms with Crippen molar-refractivity contribution in [1.82, 2.24) is 10.3 Å². The number of thiocarbonyl (C=S) groups is 1. The van der Waals surface area contributed by atoms with Crippen molar-refractivity contribution in [3.63, 3.8) is 0 Å². The minimum absolute atomic E-state index is 0.113. The Labute approximate surface area is 170 Å². The Bertz CT molecular complexity index is 936. The summed E-state index contributed by atoms with van der Waals surface area (Å²) in [5, 5.41) is 13.7. The third-order valence-electron chi connectivity index (χ3n) is 5.42. The van der Waals surface area contributed by atoms with Gasteiger partial charge < -0.3 is 10.6 Å². The number of rotatable bonds is 5. The highest BCUT2D eigenvalue weighted by molar-refractivity contribution is 7.80. The van der Waals surface area contributed by atoms with Gasteiger partial charge in [-0.25, -0.2) is 0 Å². The lowest BCUT2D eigenvalue weighted by Crippen LogP contribution is -2.46. The summed E-state index contributed by atoms with van der Waals surface area (Å²) in [6.07, 6.45) is 2.76. The van der Waals surface area contributed by atoms with E-state index in [0.717, 1.165) is 37.3 Å². The van der Waals surface area contributed by atoms with Gasteiger partial charge in [0.1, 0.15) is 6.07 Å². The summed E-state index contributed by atoms with van der Waals surface area (Å²) in [6, 6.07) is 19.8. The van der Waals surface area contributed by atoms with E-state index in [-0.39, 0.29) is 5.11 Å². The number of nitrogens with two attached hydrogens (primary N) is 1. The van der Waals surface area contributed by atoms with E-state index >= 15 is 0 Å². The van der Waals surface area contributed by atoms with Gasteiger partial charge in [0, 0.05) is 31.7 Å². The summed E-state index contributed by atoms with van der Waals surface area (Å²) in [5.74, 6) is 0. The largest absolute Gasteiger partial charge is 0.375 e. The van der Waals surface area contributed by atoms with E-state index in [1.54, 1.807) is 6.21 Å². The molecule has 2 bridgehead atoms. The molecular weight excluding hydrogens is 368 g/mol. The van der Waals surface area contributed by atoms with E-state index < -0.39 is 0 Å². The molecule has 0 aliphatic carbocycles.